The van der Waals surface area contributed by atoms with Crippen molar-refractivity contribution in [3.63, 3.8) is 0 Å². The second-order valence-corrected chi connectivity index (χ2v) is 8.55. The van der Waals surface area contributed by atoms with Crippen LogP contribution in [0, 0.1) is 0 Å². The van der Waals surface area contributed by atoms with Gasteiger partial charge in [-0.1, -0.05) is 13.0 Å². The quantitative estimate of drug-likeness (QED) is 0.748. The van der Waals surface area contributed by atoms with Gasteiger partial charge in [-0.2, -0.15) is 0 Å². The molecular weight excluding hydrogens is 326 g/mol. The number of pyridine rings is 1. The normalized spacial score (nSPS) is 21.5. The number of ether oxygens (including phenoxy) is 1. The summed E-state index contributed by atoms with van der Waals surface area (Å²) in [5.41, 5.74) is 0.673. The van der Waals surface area contributed by atoms with E-state index in [1.54, 1.807) is 6.20 Å². The molecule has 3 rings (SSSR count). The van der Waals surface area contributed by atoms with Crippen molar-refractivity contribution in [2.75, 3.05) is 18.0 Å². The van der Waals surface area contributed by atoms with E-state index in [0.29, 0.717) is 6.04 Å². The van der Waals surface area contributed by atoms with Crippen LogP contribution < -0.4 is 4.90 Å². The Kier molecular flexibility index (Phi) is 5.86. The van der Waals surface area contributed by atoms with E-state index in [4.69, 9.17) is 4.74 Å². The molecule has 144 valence electrons. The van der Waals surface area contributed by atoms with Crippen molar-refractivity contribution in [1.29, 1.82) is 0 Å². The van der Waals surface area contributed by atoms with Crippen molar-refractivity contribution in [3.05, 3.63) is 23.9 Å². The highest BCUT2D eigenvalue weighted by Crippen LogP contribution is 2.39. The van der Waals surface area contributed by atoms with Gasteiger partial charge in [-0.25, -0.2) is 9.78 Å². The van der Waals surface area contributed by atoms with E-state index < -0.39 is 5.60 Å². The van der Waals surface area contributed by atoms with Crippen LogP contribution >= 0.6 is 0 Å². The Morgan fingerprint density at radius 3 is 2.69 bits per heavy atom. The van der Waals surface area contributed by atoms with Crippen molar-refractivity contribution in [1.82, 2.24) is 9.88 Å². The molecule has 5 heteroatoms. The summed E-state index contributed by atoms with van der Waals surface area (Å²) in [4.78, 5) is 22.1. The van der Waals surface area contributed by atoms with Gasteiger partial charge in [0.05, 0.1) is 0 Å². The van der Waals surface area contributed by atoms with E-state index in [2.05, 4.69) is 22.9 Å². The molecule has 5 nitrogen and oxygen atoms in total. The SMILES string of the molecule is CCCN1CCC[C@H]1c1cccnc1N(C(=O)OC(C)(C)C)C1CCC1. The lowest BCUT2D eigenvalue weighted by atomic mass is 9.91. The number of aromatic nitrogens is 1. The monoisotopic (exact) mass is 359 g/mol. The number of carbonyl (C=O) groups excluding carboxylic acids is 1. The van der Waals surface area contributed by atoms with Gasteiger partial charge in [0.2, 0.25) is 0 Å². The van der Waals surface area contributed by atoms with Crippen LogP contribution in [0.15, 0.2) is 18.3 Å². The Hall–Kier alpha value is -1.62. The first-order chi connectivity index (χ1) is 12.4. The second-order valence-electron chi connectivity index (χ2n) is 8.55. The zero-order valence-corrected chi connectivity index (χ0v) is 16.7. The van der Waals surface area contributed by atoms with Crippen LogP contribution in [0.3, 0.4) is 0 Å². The summed E-state index contributed by atoms with van der Waals surface area (Å²) in [5, 5.41) is 0. The summed E-state index contributed by atoms with van der Waals surface area (Å²) in [7, 11) is 0. The van der Waals surface area contributed by atoms with Crippen molar-refractivity contribution in [2.45, 2.75) is 83.9 Å². The minimum Gasteiger partial charge on any atom is -0.443 e. The molecule has 1 atom stereocenters. The van der Waals surface area contributed by atoms with Crippen LogP contribution in [-0.2, 0) is 4.74 Å². The van der Waals surface area contributed by atoms with Crippen LogP contribution in [0.4, 0.5) is 10.6 Å². The number of anilines is 1. The first-order valence-corrected chi connectivity index (χ1v) is 10.1. The first kappa shape index (κ1) is 19.2. The number of likely N-dealkylation sites (tertiary alicyclic amines) is 1. The molecule has 2 aliphatic rings. The lowest BCUT2D eigenvalue weighted by Gasteiger charge is -2.39. The fraction of sp³-hybridized carbons (Fsp3) is 0.714. The standard InChI is InChI=1S/C21H33N3O2/c1-5-14-23-15-8-12-18(23)17-11-7-13-22-19(17)24(16-9-6-10-16)20(25)26-21(2,3)4/h7,11,13,16,18H,5-6,8-10,12,14-15H2,1-4H3/t18-/m0/s1. The van der Waals surface area contributed by atoms with Crippen LogP contribution in [-0.4, -0.2) is 40.7 Å². The Labute approximate surface area is 157 Å². The average molecular weight is 360 g/mol. The maximum Gasteiger partial charge on any atom is 0.416 e. The van der Waals surface area contributed by atoms with Gasteiger partial charge in [0, 0.05) is 23.8 Å². The summed E-state index contributed by atoms with van der Waals surface area (Å²) in [5.74, 6) is 0.805. The highest BCUT2D eigenvalue weighted by atomic mass is 16.6. The van der Waals surface area contributed by atoms with E-state index in [0.717, 1.165) is 51.0 Å². The average Bonchev–Trinajstić information content (AvgIpc) is 2.97. The maximum absolute atomic E-state index is 13.0. The van der Waals surface area contributed by atoms with Gasteiger partial charge < -0.3 is 4.74 Å². The molecule has 2 fully saturated rings. The summed E-state index contributed by atoms with van der Waals surface area (Å²) >= 11 is 0. The van der Waals surface area contributed by atoms with E-state index in [1.807, 2.05) is 31.7 Å². The third-order valence-electron chi connectivity index (χ3n) is 5.31. The number of amides is 1. The van der Waals surface area contributed by atoms with E-state index in [1.165, 1.54) is 12.0 Å². The third-order valence-corrected chi connectivity index (χ3v) is 5.31. The molecule has 1 aliphatic heterocycles. The summed E-state index contributed by atoms with van der Waals surface area (Å²) in [6.45, 7) is 10.2. The zero-order chi connectivity index (χ0) is 18.7. The van der Waals surface area contributed by atoms with Gasteiger partial charge >= 0.3 is 6.09 Å². The van der Waals surface area contributed by atoms with Gasteiger partial charge in [0.15, 0.2) is 0 Å². The number of nitrogens with zero attached hydrogens (tertiary/aromatic N) is 3. The van der Waals surface area contributed by atoms with Crippen molar-refractivity contribution in [2.24, 2.45) is 0 Å². The molecule has 0 bridgehead atoms. The molecule has 2 heterocycles. The molecule has 1 amide bonds. The molecule has 0 N–H and O–H groups in total. The Morgan fingerprint density at radius 2 is 2.08 bits per heavy atom. The van der Waals surface area contributed by atoms with Gasteiger partial charge in [-0.15, -0.1) is 0 Å². The molecule has 1 aromatic rings. The number of rotatable bonds is 5. The van der Waals surface area contributed by atoms with E-state index >= 15 is 0 Å². The topological polar surface area (TPSA) is 45.7 Å². The smallest absolute Gasteiger partial charge is 0.416 e. The molecule has 0 aromatic carbocycles. The molecule has 1 aliphatic carbocycles. The molecule has 0 spiro atoms. The Bertz CT molecular complexity index is 622. The minimum atomic E-state index is -0.504. The fourth-order valence-electron chi connectivity index (χ4n) is 3.97. The van der Waals surface area contributed by atoms with Crippen LogP contribution in [0.5, 0.6) is 0 Å². The molecule has 1 aromatic heterocycles. The van der Waals surface area contributed by atoms with Crippen LogP contribution in [0.2, 0.25) is 0 Å². The predicted octanol–water partition coefficient (Wildman–Crippen LogP) is 4.92. The lowest BCUT2D eigenvalue weighted by molar-refractivity contribution is 0.0547. The van der Waals surface area contributed by atoms with Gasteiger partial charge in [0.25, 0.3) is 0 Å². The minimum absolute atomic E-state index is 0.208. The number of hydrogen-bond acceptors (Lipinski definition) is 4. The number of hydrogen-bond donors (Lipinski definition) is 0. The predicted molar refractivity (Wildman–Crippen MR) is 104 cm³/mol. The van der Waals surface area contributed by atoms with E-state index in [-0.39, 0.29) is 12.1 Å². The first-order valence-electron chi connectivity index (χ1n) is 10.1. The van der Waals surface area contributed by atoms with Crippen molar-refractivity contribution >= 4 is 11.9 Å². The maximum atomic E-state index is 13.0. The molecule has 1 saturated heterocycles. The van der Waals surface area contributed by atoms with Gasteiger partial charge in [-0.05, 0) is 78.5 Å². The Balaban J connectivity index is 1.93. The summed E-state index contributed by atoms with van der Waals surface area (Å²) in [6, 6.07) is 4.70. The largest absolute Gasteiger partial charge is 0.443 e. The number of carbonyl (C=O) groups is 1. The van der Waals surface area contributed by atoms with Gasteiger partial charge in [0.1, 0.15) is 11.4 Å². The highest BCUT2D eigenvalue weighted by Gasteiger charge is 2.37. The van der Waals surface area contributed by atoms with Crippen molar-refractivity contribution < 1.29 is 9.53 Å². The molecule has 1 saturated carbocycles. The molecule has 26 heavy (non-hydrogen) atoms. The summed E-state index contributed by atoms with van der Waals surface area (Å²) in [6.07, 6.45) is 8.23. The van der Waals surface area contributed by atoms with Crippen LogP contribution in [0.25, 0.3) is 0 Å². The summed E-state index contributed by atoms with van der Waals surface area (Å²) < 4.78 is 5.74. The molecular formula is C21H33N3O2. The van der Waals surface area contributed by atoms with Gasteiger partial charge in [-0.3, -0.25) is 9.80 Å². The second kappa shape index (κ2) is 7.95. The zero-order valence-electron chi connectivity index (χ0n) is 16.7. The van der Waals surface area contributed by atoms with E-state index in [9.17, 15) is 4.79 Å². The van der Waals surface area contributed by atoms with Crippen molar-refractivity contribution in [3.8, 4) is 0 Å². The lowest BCUT2D eigenvalue weighted by Crippen LogP contribution is -2.48. The fourth-order valence-corrected chi connectivity index (χ4v) is 3.97. The highest BCUT2D eigenvalue weighted by molar-refractivity contribution is 5.88. The molecule has 0 unspecified atom stereocenters. The third kappa shape index (κ3) is 4.20. The van der Waals surface area contributed by atoms with Crippen LogP contribution in [0.1, 0.15) is 77.8 Å². The Morgan fingerprint density at radius 1 is 1.31 bits per heavy atom. The molecule has 0 radical (unpaired) electrons.